The van der Waals surface area contributed by atoms with Crippen LogP contribution in [0.3, 0.4) is 0 Å². The zero-order valence-electron chi connectivity index (χ0n) is 9.05. The fourth-order valence-corrected chi connectivity index (χ4v) is 1.40. The lowest BCUT2D eigenvalue weighted by Crippen LogP contribution is -2.17. The van der Waals surface area contributed by atoms with Gasteiger partial charge in [-0.1, -0.05) is 5.21 Å². The van der Waals surface area contributed by atoms with E-state index in [0.717, 1.165) is 0 Å². The third kappa shape index (κ3) is 2.77. The number of benzene rings is 1. The molecule has 96 valence electrons. The van der Waals surface area contributed by atoms with E-state index in [0.29, 0.717) is 11.4 Å². The summed E-state index contributed by atoms with van der Waals surface area (Å²) in [6.07, 6.45) is -3.21. The maximum atomic E-state index is 12.0. The lowest BCUT2D eigenvalue weighted by molar-refractivity contribution is -0.274. The van der Waals surface area contributed by atoms with Crippen LogP contribution in [0.25, 0.3) is 5.69 Å². The summed E-state index contributed by atoms with van der Waals surface area (Å²) in [5.41, 5.74) is 6.68. The van der Waals surface area contributed by atoms with Gasteiger partial charge in [0.05, 0.1) is 17.6 Å². The molecule has 8 heteroatoms. The molecule has 0 saturated carbocycles. The average Bonchev–Trinajstić information content (AvgIpc) is 2.76. The van der Waals surface area contributed by atoms with Gasteiger partial charge in [0.2, 0.25) is 0 Å². The third-order valence-corrected chi connectivity index (χ3v) is 2.14. The number of aromatic nitrogens is 3. The van der Waals surface area contributed by atoms with Crippen molar-refractivity contribution in [1.82, 2.24) is 15.0 Å². The summed E-state index contributed by atoms with van der Waals surface area (Å²) in [5.74, 6) is -0.291. The molecule has 0 fully saturated rings. The molecule has 0 amide bonds. The van der Waals surface area contributed by atoms with Crippen molar-refractivity contribution in [1.29, 1.82) is 0 Å². The lowest BCUT2D eigenvalue weighted by atomic mass is 10.3. The molecule has 2 N–H and O–H groups in total. The molecule has 0 radical (unpaired) electrons. The van der Waals surface area contributed by atoms with E-state index in [1.165, 1.54) is 35.1 Å². The van der Waals surface area contributed by atoms with Crippen molar-refractivity contribution in [3.8, 4) is 11.4 Å². The molecule has 0 spiro atoms. The van der Waals surface area contributed by atoms with Crippen LogP contribution >= 0.6 is 0 Å². The van der Waals surface area contributed by atoms with Crippen molar-refractivity contribution in [2.24, 2.45) is 5.73 Å². The minimum atomic E-state index is -4.70. The van der Waals surface area contributed by atoms with E-state index in [-0.39, 0.29) is 12.3 Å². The maximum Gasteiger partial charge on any atom is 0.573 e. The first kappa shape index (κ1) is 12.4. The highest BCUT2D eigenvalue weighted by molar-refractivity contribution is 5.37. The van der Waals surface area contributed by atoms with E-state index in [9.17, 15) is 13.2 Å². The molecule has 1 aromatic carbocycles. The molecule has 0 bridgehead atoms. The monoisotopic (exact) mass is 258 g/mol. The molecule has 0 aliphatic carbocycles. The van der Waals surface area contributed by atoms with Crippen LogP contribution in [0.5, 0.6) is 5.75 Å². The molecule has 0 unspecified atom stereocenters. The molecule has 2 rings (SSSR count). The van der Waals surface area contributed by atoms with Gasteiger partial charge in [-0.3, -0.25) is 0 Å². The number of ether oxygens (including phenoxy) is 1. The predicted octanol–water partition coefficient (Wildman–Crippen LogP) is 1.62. The molecule has 0 atom stereocenters. The smallest absolute Gasteiger partial charge is 0.406 e. The second-order valence-electron chi connectivity index (χ2n) is 3.38. The molecule has 5 nitrogen and oxygen atoms in total. The Morgan fingerprint density at radius 1 is 1.22 bits per heavy atom. The Bertz CT molecular complexity index is 521. The molecule has 0 aliphatic heterocycles. The van der Waals surface area contributed by atoms with Crippen LogP contribution in [-0.2, 0) is 6.54 Å². The first-order valence-corrected chi connectivity index (χ1v) is 4.95. The van der Waals surface area contributed by atoms with E-state index < -0.39 is 6.36 Å². The predicted molar refractivity (Wildman–Crippen MR) is 55.9 cm³/mol. The number of alkyl halides is 3. The van der Waals surface area contributed by atoms with E-state index >= 15 is 0 Å². The summed E-state index contributed by atoms with van der Waals surface area (Å²) in [5, 5.41) is 7.46. The average molecular weight is 258 g/mol. The van der Waals surface area contributed by atoms with Crippen LogP contribution in [0, 0.1) is 0 Å². The van der Waals surface area contributed by atoms with Crippen LogP contribution in [-0.4, -0.2) is 21.4 Å². The quantitative estimate of drug-likeness (QED) is 0.908. The van der Waals surface area contributed by atoms with Crippen molar-refractivity contribution >= 4 is 0 Å². The third-order valence-electron chi connectivity index (χ3n) is 2.14. The van der Waals surface area contributed by atoms with Crippen LogP contribution < -0.4 is 10.5 Å². The van der Waals surface area contributed by atoms with Gasteiger partial charge in [0.25, 0.3) is 0 Å². The van der Waals surface area contributed by atoms with E-state index in [1.54, 1.807) is 0 Å². The summed E-state index contributed by atoms with van der Waals surface area (Å²) in [6.45, 7) is 0.230. The highest BCUT2D eigenvalue weighted by Gasteiger charge is 2.30. The molecule has 0 saturated heterocycles. The van der Waals surface area contributed by atoms with Crippen molar-refractivity contribution < 1.29 is 17.9 Å². The topological polar surface area (TPSA) is 66.0 Å². The Balaban J connectivity index is 2.23. The van der Waals surface area contributed by atoms with Gasteiger partial charge >= 0.3 is 6.36 Å². The zero-order chi connectivity index (χ0) is 13.2. The van der Waals surface area contributed by atoms with Crippen LogP contribution in [0.15, 0.2) is 30.5 Å². The summed E-state index contributed by atoms with van der Waals surface area (Å²) >= 11 is 0. The van der Waals surface area contributed by atoms with Crippen molar-refractivity contribution in [3.05, 3.63) is 36.2 Å². The van der Waals surface area contributed by atoms with E-state index in [1.807, 2.05) is 0 Å². The van der Waals surface area contributed by atoms with Crippen molar-refractivity contribution in [3.63, 3.8) is 0 Å². The second kappa shape index (κ2) is 4.65. The molecule has 18 heavy (non-hydrogen) atoms. The standard InChI is InChI=1S/C10H9F3N4O/c11-10(12,13)18-9-3-1-7(2-4-9)17-8(5-14)6-15-16-17/h1-4,6H,5,14H2. The summed E-state index contributed by atoms with van der Waals surface area (Å²) in [6, 6.07) is 5.28. The number of halogens is 3. The molecular weight excluding hydrogens is 249 g/mol. The second-order valence-corrected chi connectivity index (χ2v) is 3.38. The fourth-order valence-electron chi connectivity index (χ4n) is 1.40. The van der Waals surface area contributed by atoms with E-state index in [2.05, 4.69) is 15.0 Å². The van der Waals surface area contributed by atoms with Crippen LogP contribution in [0.4, 0.5) is 13.2 Å². The minimum absolute atomic E-state index is 0.230. The first-order valence-electron chi connectivity index (χ1n) is 4.95. The van der Waals surface area contributed by atoms with Gasteiger partial charge in [-0.15, -0.1) is 18.3 Å². The normalized spacial score (nSPS) is 11.6. The molecule has 1 heterocycles. The number of hydrogen-bond acceptors (Lipinski definition) is 4. The van der Waals surface area contributed by atoms with Gasteiger partial charge in [-0.05, 0) is 24.3 Å². The Morgan fingerprint density at radius 3 is 2.44 bits per heavy atom. The largest absolute Gasteiger partial charge is 0.573 e. The Kier molecular flexibility index (Phi) is 3.19. The Labute approximate surface area is 100.0 Å². The first-order chi connectivity index (χ1) is 8.49. The maximum absolute atomic E-state index is 12.0. The minimum Gasteiger partial charge on any atom is -0.406 e. The molecule has 2 aromatic rings. The van der Waals surface area contributed by atoms with Gasteiger partial charge < -0.3 is 10.5 Å². The number of nitrogens with zero attached hydrogens (tertiary/aromatic N) is 3. The van der Waals surface area contributed by atoms with Gasteiger partial charge in [0.1, 0.15) is 5.75 Å². The van der Waals surface area contributed by atoms with E-state index in [4.69, 9.17) is 5.73 Å². The Morgan fingerprint density at radius 2 is 1.89 bits per heavy atom. The summed E-state index contributed by atoms with van der Waals surface area (Å²) < 4.78 is 41.1. The van der Waals surface area contributed by atoms with Gasteiger partial charge in [-0.25, -0.2) is 4.68 Å². The highest BCUT2D eigenvalue weighted by atomic mass is 19.4. The highest BCUT2D eigenvalue weighted by Crippen LogP contribution is 2.23. The van der Waals surface area contributed by atoms with Crippen LogP contribution in [0.2, 0.25) is 0 Å². The van der Waals surface area contributed by atoms with Gasteiger partial charge in [0.15, 0.2) is 0 Å². The zero-order valence-corrected chi connectivity index (χ0v) is 9.05. The molecular formula is C10H9F3N4O. The number of hydrogen-bond donors (Lipinski definition) is 1. The number of nitrogens with two attached hydrogens (primary N) is 1. The SMILES string of the molecule is NCc1cnnn1-c1ccc(OC(F)(F)F)cc1. The van der Waals surface area contributed by atoms with Gasteiger partial charge in [0, 0.05) is 6.54 Å². The fraction of sp³-hybridized carbons (Fsp3) is 0.200. The van der Waals surface area contributed by atoms with Crippen LogP contribution in [0.1, 0.15) is 5.69 Å². The van der Waals surface area contributed by atoms with Crippen molar-refractivity contribution in [2.45, 2.75) is 12.9 Å². The number of rotatable bonds is 3. The molecule has 0 aliphatic rings. The summed E-state index contributed by atoms with van der Waals surface area (Å²) in [4.78, 5) is 0. The molecule has 1 aromatic heterocycles. The lowest BCUT2D eigenvalue weighted by Gasteiger charge is -2.09. The van der Waals surface area contributed by atoms with Gasteiger partial charge in [-0.2, -0.15) is 0 Å². The summed E-state index contributed by atoms with van der Waals surface area (Å²) in [7, 11) is 0. The Hall–Kier alpha value is -2.09. The van der Waals surface area contributed by atoms with Crippen molar-refractivity contribution in [2.75, 3.05) is 0 Å².